The summed E-state index contributed by atoms with van der Waals surface area (Å²) in [5.41, 5.74) is 1.32. The monoisotopic (exact) mass is 308 g/mol. The molecule has 5 rings (SSSR count). The standard InChI is InChI=1S/C10H17O3P.C7H8/c1-7-5-9(3)13-8(2,11-7)6-10(4,12-7)14-9;1-7-5-3-2-4-6-7/h14H,5-6H2,1-4H3;2-6H,1H3. The van der Waals surface area contributed by atoms with Gasteiger partial charge in [-0.25, -0.2) is 0 Å². The molecule has 4 atom stereocenters. The number of benzene rings is 1. The van der Waals surface area contributed by atoms with Crippen molar-refractivity contribution in [3.63, 3.8) is 0 Å². The molecule has 0 amide bonds. The van der Waals surface area contributed by atoms with E-state index in [4.69, 9.17) is 14.2 Å². The van der Waals surface area contributed by atoms with Gasteiger partial charge < -0.3 is 14.2 Å². The Bertz CT molecular complexity index is 435. The van der Waals surface area contributed by atoms with Crippen LogP contribution in [0.5, 0.6) is 0 Å². The highest BCUT2D eigenvalue weighted by Crippen LogP contribution is 2.67. The molecule has 0 radical (unpaired) electrons. The summed E-state index contributed by atoms with van der Waals surface area (Å²) in [6.45, 7) is 10.5. The third-order valence-corrected chi connectivity index (χ3v) is 5.72. The molecule has 3 nitrogen and oxygen atoms in total. The molecule has 4 heteroatoms. The molecule has 4 aliphatic rings. The van der Waals surface area contributed by atoms with Gasteiger partial charge in [-0.3, -0.25) is 0 Å². The van der Waals surface area contributed by atoms with E-state index >= 15 is 0 Å². The first-order valence-corrected chi connectivity index (χ1v) is 8.55. The van der Waals surface area contributed by atoms with Gasteiger partial charge in [-0.15, -0.1) is 0 Å². The number of ether oxygens (including phenoxy) is 3. The molecule has 0 N–H and O–H groups in total. The predicted molar refractivity (Wildman–Crippen MR) is 85.6 cm³/mol. The van der Waals surface area contributed by atoms with E-state index in [1.807, 2.05) is 32.0 Å². The average molecular weight is 308 g/mol. The maximum atomic E-state index is 6.04. The lowest BCUT2D eigenvalue weighted by molar-refractivity contribution is -0.467. The van der Waals surface area contributed by atoms with Crippen molar-refractivity contribution in [1.82, 2.24) is 0 Å². The van der Waals surface area contributed by atoms with Crippen LogP contribution >= 0.6 is 8.58 Å². The molecule has 0 saturated carbocycles. The molecule has 116 valence electrons. The first kappa shape index (κ1) is 15.4. The van der Waals surface area contributed by atoms with E-state index in [1.54, 1.807) is 0 Å². The molecule has 21 heavy (non-hydrogen) atoms. The molecule has 4 saturated heterocycles. The maximum Gasteiger partial charge on any atom is 0.173 e. The van der Waals surface area contributed by atoms with Crippen molar-refractivity contribution in [2.24, 2.45) is 0 Å². The zero-order valence-electron chi connectivity index (χ0n) is 13.5. The van der Waals surface area contributed by atoms with Crippen LogP contribution in [0.2, 0.25) is 0 Å². The summed E-state index contributed by atoms with van der Waals surface area (Å²) in [7, 11) is 0.713. The van der Waals surface area contributed by atoms with E-state index in [0.29, 0.717) is 8.58 Å². The van der Waals surface area contributed by atoms with Crippen LogP contribution < -0.4 is 0 Å². The van der Waals surface area contributed by atoms with Gasteiger partial charge in [0.2, 0.25) is 0 Å². The Morgan fingerprint density at radius 1 is 0.810 bits per heavy atom. The summed E-state index contributed by atoms with van der Waals surface area (Å²) < 4.78 is 18.0. The van der Waals surface area contributed by atoms with Crippen LogP contribution in [0.3, 0.4) is 0 Å². The van der Waals surface area contributed by atoms with Gasteiger partial charge in [-0.05, 0) is 34.6 Å². The molecule has 0 aliphatic carbocycles. The molecule has 4 heterocycles. The van der Waals surface area contributed by atoms with Gasteiger partial charge in [0.25, 0.3) is 0 Å². The van der Waals surface area contributed by atoms with Crippen molar-refractivity contribution < 1.29 is 14.2 Å². The summed E-state index contributed by atoms with van der Waals surface area (Å²) in [5.74, 6) is -0.861. The maximum absolute atomic E-state index is 6.04. The molecular formula is C17H25O3P. The van der Waals surface area contributed by atoms with Gasteiger partial charge in [0.1, 0.15) is 0 Å². The summed E-state index contributed by atoms with van der Waals surface area (Å²) >= 11 is 0. The molecule has 4 unspecified atom stereocenters. The van der Waals surface area contributed by atoms with Gasteiger partial charge in [-0.1, -0.05) is 44.5 Å². The summed E-state index contributed by atoms with van der Waals surface area (Å²) in [4.78, 5) is 0. The SMILES string of the molecule is CC12CC3(C)OC(C)(CC(C)(O1)P3)O2.Cc1ccccc1. The van der Waals surface area contributed by atoms with Crippen LogP contribution in [0.25, 0.3) is 0 Å². The zero-order chi connectivity index (χ0) is 15.4. The van der Waals surface area contributed by atoms with Crippen LogP contribution in [0.15, 0.2) is 30.3 Å². The lowest BCUT2D eigenvalue weighted by atomic mass is 9.98. The molecular weight excluding hydrogens is 283 g/mol. The van der Waals surface area contributed by atoms with Crippen LogP contribution in [0, 0.1) is 6.92 Å². The largest absolute Gasteiger partial charge is 0.339 e. The second kappa shape index (κ2) is 4.76. The summed E-state index contributed by atoms with van der Waals surface area (Å²) in [5, 5.41) is -0.0694. The van der Waals surface area contributed by atoms with Gasteiger partial charge in [0.15, 0.2) is 11.6 Å². The normalized spacial score (nSPS) is 48.0. The van der Waals surface area contributed by atoms with Crippen molar-refractivity contribution in [3.05, 3.63) is 35.9 Å². The number of hydrogen-bond donors (Lipinski definition) is 0. The first-order valence-electron chi connectivity index (χ1n) is 7.55. The van der Waals surface area contributed by atoms with E-state index in [1.165, 1.54) is 5.56 Å². The average Bonchev–Trinajstić information content (AvgIpc) is 2.21. The fourth-order valence-electron chi connectivity index (χ4n) is 4.13. The Morgan fingerprint density at radius 2 is 1.29 bits per heavy atom. The highest BCUT2D eigenvalue weighted by Gasteiger charge is 2.66. The number of hydrogen-bond acceptors (Lipinski definition) is 3. The molecule has 0 aromatic heterocycles. The van der Waals surface area contributed by atoms with Gasteiger partial charge >= 0.3 is 0 Å². The second-order valence-electron chi connectivity index (χ2n) is 7.17. The zero-order valence-corrected chi connectivity index (χ0v) is 14.5. The molecule has 1 aromatic carbocycles. The lowest BCUT2D eigenvalue weighted by Gasteiger charge is -2.66. The Morgan fingerprint density at radius 3 is 1.62 bits per heavy atom. The predicted octanol–water partition coefficient (Wildman–Crippen LogP) is 4.40. The van der Waals surface area contributed by atoms with Crippen LogP contribution in [0.1, 0.15) is 46.1 Å². The molecule has 4 fully saturated rings. The number of rotatable bonds is 0. The fourth-order valence-corrected chi connectivity index (χ4v) is 6.60. The van der Waals surface area contributed by atoms with Crippen molar-refractivity contribution >= 4 is 8.58 Å². The second-order valence-corrected chi connectivity index (χ2v) is 9.53. The topological polar surface area (TPSA) is 27.7 Å². The van der Waals surface area contributed by atoms with Crippen molar-refractivity contribution in [2.75, 3.05) is 0 Å². The Balaban J connectivity index is 0.000000160. The Kier molecular flexibility index (Phi) is 3.50. The van der Waals surface area contributed by atoms with Crippen LogP contribution in [-0.4, -0.2) is 22.3 Å². The minimum Gasteiger partial charge on any atom is -0.339 e. The van der Waals surface area contributed by atoms with E-state index < -0.39 is 11.6 Å². The third kappa shape index (κ3) is 3.17. The number of aryl methyl sites for hydroxylation is 1. The fraction of sp³-hybridized carbons (Fsp3) is 0.647. The van der Waals surface area contributed by atoms with Crippen molar-refractivity contribution in [2.45, 2.75) is 69.7 Å². The van der Waals surface area contributed by atoms with Crippen LogP contribution in [-0.2, 0) is 14.2 Å². The van der Waals surface area contributed by atoms with Gasteiger partial charge in [0.05, 0.1) is 10.7 Å². The first-order chi connectivity index (χ1) is 9.64. The van der Waals surface area contributed by atoms with Crippen molar-refractivity contribution in [3.8, 4) is 0 Å². The van der Waals surface area contributed by atoms with E-state index in [0.717, 1.165) is 12.8 Å². The summed E-state index contributed by atoms with van der Waals surface area (Å²) in [6, 6.07) is 10.3. The van der Waals surface area contributed by atoms with Crippen LogP contribution in [0.4, 0.5) is 0 Å². The molecule has 4 bridgehead atoms. The highest BCUT2D eigenvalue weighted by molar-refractivity contribution is 7.41. The van der Waals surface area contributed by atoms with E-state index in [9.17, 15) is 0 Å². The van der Waals surface area contributed by atoms with Crippen molar-refractivity contribution in [1.29, 1.82) is 0 Å². The summed E-state index contributed by atoms with van der Waals surface area (Å²) in [6.07, 6.45) is 1.70. The third-order valence-electron chi connectivity index (χ3n) is 4.10. The van der Waals surface area contributed by atoms with Gasteiger partial charge in [0, 0.05) is 12.8 Å². The molecule has 1 aromatic rings. The quantitative estimate of drug-likeness (QED) is 0.665. The van der Waals surface area contributed by atoms with Gasteiger partial charge in [-0.2, -0.15) is 0 Å². The minimum atomic E-state index is -0.431. The van der Waals surface area contributed by atoms with E-state index in [2.05, 4.69) is 32.9 Å². The Labute approximate surface area is 129 Å². The van der Waals surface area contributed by atoms with E-state index in [-0.39, 0.29) is 10.7 Å². The lowest BCUT2D eigenvalue weighted by Crippen LogP contribution is -2.69. The molecule has 4 aliphatic heterocycles. The minimum absolute atomic E-state index is 0.0347. The Hall–Kier alpha value is -0.470. The highest BCUT2D eigenvalue weighted by atomic mass is 31.1. The molecule has 0 spiro atoms. The smallest absolute Gasteiger partial charge is 0.173 e.